The molecule has 7 nitrogen and oxygen atoms in total. The Labute approximate surface area is 299 Å². The van der Waals surface area contributed by atoms with E-state index in [4.69, 9.17) is 10.1 Å². The molecular weight excluding hydrogens is 686 g/mol. The van der Waals surface area contributed by atoms with Crippen molar-refractivity contribution in [2.75, 3.05) is 18.0 Å². The van der Waals surface area contributed by atoms with E-state index in [2.05, 4.69) is 9.97 Å². The van der Waals surface area contributed by atoms with Crippen LogP contribution in [0.15, 0.2) is 36.7 Å². The number of aliphatic hydroxyl groups excluding tert-OH is 1. The van der Waals surface area contributed by atoms with Crippen LogP contribution in [0.1, 0.15) is 147 Å². The number of fused-ring (bicyclic) bond motifs is 1. The molecule has 1 saturated heterocycles. The molecule has 1 aromatic carbocycles. The number of carbonyl (C=O) groups is 1. The van der Waals surface area contributed by atoms with Crippen LogP contribution in [-0.2, 0) is 23.8 Å². The summed E-state index contributed by atoms with van der Waals surface area (Å²) in [5.41, 5.74) is 2.03. The molecule has 1 aliphatic heterocycles. The number of rotatable bonds is 10. The molecule has 0 radical (unpaired) electrons. The normalized spacial score (nSPS) is 21.5. The number of aryl methyl sites for hydroxylation is 1. The number of unbranched alkanes of at least 4 members (excludes halogenated alkanes) is 1. The number of benzene rings is 1. The summed E-state index contributed by atoms with van der Waals surface area (Å²) in [5, 5.41) is 20.5. The van der Waals surface area contributed by atoms with Gasteiger partial charge in [0.05, 0.1) is 17.4 Å². The average molecular weight is 733 g/mol. The number of anilines is 1. The summed E-state index contributed by atoms with van der Waals surface area (Å²) in [4.78, 5) is 27.0. The Morgan fingerprint density at radius 1 is 0.962 bits per heavy atom. The number of halogens is 6. The highest BCUT2D eigenvalue weighted by Gasteiger charge is 2.44. The summed E-state index contributed by atoms with van der Waals surface area (Å²) in [7, 11) is 0. The third-order valence-electron chi connectivity index (χ3n) is 11.0. The number of nitrogens with zero attached hydrogens (tertiary/aromatic N) is 4. The predicted octanol–water partition coefficient (Wildman–Crippen LogP) is 9.43. The average Bonchev–Trinajstić information content (AvgIpc) is 3.08. The third kappa shape index (κ3) is 8.55. The summed E-state index contributed by atoms with van der Waals surface area (Å²) in [6.45, 7) is 5.10. The summed E-state index contributed by atoms with van der Waals surface area (Å²) < 4.78 is 86.5. The lowest BCUT2D eigenvalue weighted by Gasteiger charge is -2.41. The van der Waals surface area contributed by atoms with Crippen LogP contribution in [0.25, 0.3) is 0 Å². The van der Waals surface area contributed by atoms with Gasteiger partial charge in [-0.05, 0) is 97.9 Å². The van der Waals surface area contributed by atoms with Gasteiger partial charge in [0.1, 0.15) is 0 Å². The topological polar surface area (TPSA) is 99.4 Å². The monoisotopic (exact) mass is 732 g/mol. The third-order valence-corrected chi connectivity index (χ3v) is 11.0. The highest BCUT2D eigenvalue weighted by molar-refractivity contribution is 5.66. The maximum Gasteiger partial charge on any atom is 0.416 e. The molecule has 0 spiro atoms. The molecular formula is C39H46F6N4O3. The summed E-state index contributed by atoms with van der Waals surface area (Å²) >= 11 is 0. The standard InChI is InChI=1S/C39H46F6N4O3/c1-37(2)19-28-32(29(50)20-37)31(24-11-15-38(41,42)16-12-24)33(34(40)25-7-9-27(10-8-25)39(43,44)45)35(48-28)26-13-17-49(18-14-26)36-46-21-23(22-47-36)5-3-4-6-30(51)52/h7-10,21-22,24,26,29,34,50H,3-6,11-20H2,1-2H3,(H,51,52). The van der Waals surface area contributed by atoms with Gasteiger partial charge in [0.15, 0.2) is 6.17 Å². The van der Waals surface area contributed by atoms with E-state index in [0.717, 1.165) is 29.8 Å². The minimum atomic E-state index is -4.60. The number of aliphatic carboxylic acids is 1. The fourth-order valence-electron chi connectivity index (χ4n) is 8.31. The van der Waals surface area contributed by atoms with Crippen LogP contribution >= 0.6 is 0 Å². The lowest BCUT2D eigenvalue weighted by Crippen LogP contribution is -2.36. The van der Waals surface area contributed by atoms with Crippen LogP contribution in [0.2, 0.25) is 0 Å². The van der Waals surface area contributed by atoms with Crippen LogP contribution in [0.4, 0.5) is 32.3 Å². The van der Waals surface area contributed by atoms with Crippen LogP contribution < -0.4 is 4.90 Å². The van der Waals surface area contributed by atoms with Gasteiger partial charge >= 0.3 is 12.1 Å². The molecule has 2 aromatic heterocycles. The van der Waals surface area contributed by atoms with Crippen molar-refractivity contribution in [3.05, 3.63) is 81.4 Å². The van der Waals surface area contributed by atoms with Crippen LogP contribution in [-0.4, -0.2) is 50.1 Å². The summed E-state index contributed by atoms with van der Waals surface area (Å²) in [6, 6.07) is 3.96. The zero-order chi connectivity index (χ0) is 37.4. The Bertz CT molecular complexity index is 1710. The fourth-order valence-corrected chi connectivity index (χ4v) is 8.31. The molecule has 2 N–H and O–H groups in total. The van der Waals surface area contributed by atoms with Crippen molar-refractivity contribution >= 4 is 11.9 Å². The second-order valence-electron chi connectivity index (χ2n) is 15.6. The van der Waals surface area contributed by atoms with Gasteiger partial charge in [0, 0.05) is 67.5 Å². The molecule has 6 rings (SSSR count). The fraction of sp³-hybridized carbons (Fsp3) is 0.590. The van der Waals surface area contributed by atoms with Crippen LogP contribution in [0.3, 0.4) is 0 Å². The van der Waals surface area contributed by atoms with Crippen molar-refractivity contribution in [3.63, 3.8) is 0 Å². The van der Waals surface area contributed by atoms with Gasteiger partial charge in [0.25, 0.3) is 0 Å². The number of carboxylic acid groups (broad SMARTS) is 1. The first-order chi connectivity index (χ1) is 24.5. The molecule has 1 saturated carbocycles. The lowest BCUT2D eigenvalue weighted by atomic mass is 9.68. The molecule has 52 heavy (non-hydrogen) atoms. The molecule has 2 fully saturated rings. The van der Waals surface area contributed by atoms with Gasteiger partial charge in [-0.1, -0.05) is 26.0 Å². The quantitative estimate of drug-likeness (QED) is 0.158. The van der Waals surface area contributed by atoms with E-state index in [0.29, 0.717) is 86.5 Å². The van der Waals surface area contributed by atoms with Gasteiger partial charge in [-0.3, -0.25) is 9.78 Å². The Balaban J connectivity index is 1.35. The highest BCUT2D eigenvalue weighted by atomic mass is 19.4. The van der Waals surface area contributed by atoms with Gasteiger partial charge in [-0.25, -0.2) is 23.1 Å². The second-order valence-corrected chi connectivity index (χ2v) is 15.6. The Hall–Kier alpha value is -3.74. The SMILES string of the molecule is CC1(C)Cc2nc(C3CCN(c4ncc(CCCCC(=O)O)cn4)CC3)c(C(F)c3ccc(C(F)(F)F)cc3)c(C3CCC(F)(F)CC3)c2C(O)C1. The van der Waals surface area contributed by atoms with Crippen molar-refractivity contribution in [1.82, 2.24) is 15.0 Å². The van der Waals surface area contributed by atoms with Crippen molar-refractivity contribution in [3.8, 4) is 0 Å². The number of carboxylic acids is 1. The first-order valence-electron chi connectivity index (χ1n) is 18.2. The number of pyridine rings is 1. The number of aromatic nitrogens is 3. The van der Waals surface area contributed by atoms with Crippen molar-refractivity contribution in [1.29, 1.82) is 0 Å². The number of aliphatic hydroxyl groups is 1. The van der Waals surface area contributed by atoms with E-state index in [1.165, 1.54) is 0 Å². The van der Waals surface area contributed by atoms with Gasteiger partial charge in [0.2, 0.25) is 11.9 Å². The Morgan fingerprint density at radius 2 is 1.60 bits per heavy atom. The number of hydrogen-bond acceptors (Lipinski definition) is 6. The van der Waals surface area contributed by atoms with Crippen molar-refractivity contribution in [2.24, 2.45) is 5.41 Å². The van der Waals surface area contributed by atoms with Crippen molar-refractivity contribution < 1.29 is 41.4 Å². The van der Waals surface area contributed by atoms with E-state index in [1.54, 1.807) is 12.4 Å². The van der Waals surface area contributed by atoms with Crippen LogP contribution in [0, 0.1) is 5.41 Å². The Morgan fingerprint density at radius 3 is 2.19 bits per heavy atom. The van der Waals surface area contributed by atoms with Gasteiger partial charge in [-0.2, -0.15) is 13.2 Å². The lowest BCUT2D eigenvalue weighted by molar-refractivity contribution is -0.138. The largest absolute Gasteiger partial charge is 0.481 e. The molecule has 3 heterocycles. The van der Waals surface area contributed by atoms with E-state index in [9.17, 15) is 31.9 Å². The minimum absolute atomic E-state index is 0.0119. The maximum absolute atomic E-state index is 17.2. The predicted molar refractivity (Wildman–Crippen MR) is 183 cm³/mol. The van der Waals surface area contributed by atoms with Gasteiger partial charge in [-0.15, -0.1) is 0 Å². The summed E-state index contributed by atoms with van der Waals surface area (Å²) in [6.07, 6.45) is -0.526. The molecule has 2 atom stereocenters. The molecule has 2 unspecified atom stereocenters. The molecule has 0 amide bonds. The van der Waals surface area contributed by atoms with Crippen LogP contribution in [0.5, 0.6) is 0 Å². The van der Waals surface area contributed by atoms with Gasteiger partial charge < -0.3 is 15.1 Å². The zero-order valence-electron chi connectivity index (χ0n) is 29.5. The highest BCUT2D eigenvalue weighted by Crippen LogP contribution is 2.52. The first-order valence-corrected chi connectivity index (χ1v) is 18.2. The molecule has 2 aliphatic carbocycles. The Kier molecular flexibility index (Phi) is 10.9. The van der Waals surface area contributed by atoms with E-state index < -0.39 is 41.8 Å². The summed E-state index contributed by atoms with van der Waals surface area (Å²) in [5.74, 6) is -3.85. The van der Waals surface area contributed by atoms with E-state index in [1.807, 2.05) is 18.7 Å². The number of alkyl halides is 6. The molecule has 282 valence electrons. The number of hydrogen-bond donors (Lipinski definition) is 2. The molecule has 0 bridgehead atoms. The number of piperidine rings is 1. The second kappa shape index (κ2) is 14.9. The molecule has 3 aliphatic rings. The molecule has 13 heteroatoms. The van der Waals surface area contributed by atoms with E-state index >= 15 is 4.39 Å². The van der Waals surface area contributed by atoms with Crippen molar-refractivity contribution in [2.45, 2.75) is 127 Å². The maximum atomic E-state index is 17.2. The molecule has 3 aromatic rings. The zero-order valence-corrected chi connectivity index (χ0v) is 29.5. The minimum Gasteiger partial charge on any atom is -0.481 e. The first kappa shape index (κ1) is 38.0. The van der Waals surface area contributed by atoms with E-state index in [-0.39, 0.29) is 54.6 Å². The smallest absolute Gasteiger partial charge is 0.416 e.